The molecule has 1 fully saturated rings. The van der Waals surface area contributed by atoms with Gasteiger partial charge in [0.2, 0.25) is 0 Å². The van der Waals surface area contributed by atoms with Crippen LogP contribution in [-0.2, 0) is 0 Å². The van der Waals surface area contributed by atoms with Gasteiger partial charge in [0.1, 0.15) is 0 Å². The van der Waals surface area contributed by atoms with Crippen LogP contribution in [0.2, 0.25) is 0 Å². The van der Waals surface area contributed by atoms with E-state index >= 15 is 0 Å². The summed E-state index contributed by atoms with van der Waals surface area (Å²) in [6.45, 7) is 7.10. The van der Waals surface area contributed by atoms with Gasteiger partial charge in [0.15, 0.2) is 0 Å². The van der Waals surface area contributed by atoms with Gasteiger partial charge in [0, 0.05) is 6.04 Å². The third kappa shape index (κ3) is 2.98. The summed E-state index contributed by atoms with van der Waals surface area (Å²) in [5, 5.41) is 3.51. The Balaban J connectivity index is 2.39. The van der Waals surface area contributed by atoms with Crippen molar-refractivity contribution >= 4 is 0 Å². The fourth-order valence-electron chi connectivity index (χ4n) is 2.62. The molecule has 0 aromatic heterocycles. The zero-order valence-electron chi connectivity index (χ0n) is 9.64. The van der Waals surface area contributed by atoms with E-state index in [0.29, 0.717) is 0 Å². The molecule has 1 nitrogen and oxygen atoms in total. The molecule has 0 aliphatic heterocycles. The van der Waals surface area contributed by atoms with Crippen LogP contribution in [0.4, 0.5) is 0 Å². The Hall–Kier alpha value is -0.0400. The summed E-state index contributed by atoms with van der Waals surface area (Å²) in [6.07, 6.45) is 5.62. The number of hydrogen-bond donors (Lipinski definition) is 1. The fraction of sp³-hybridized carbons (Fsp3) is 1.00. The van der Waals surface area contributed by atoms with E-state index in [1.807, 2.05) is 0 Å². The van der Waals surface area contributed by atoms with Crippen LogP contribution >= 0.6 is 0 Å². The maximum absolute atomic E-state index is 3.51. The Kier molecular flexibility index (Phi) is 4.24. The van der Waals surface area contributed by atoms with Crippen LogP contribution in [0, 0.1) is 17.8 Å². The van der Waals surface area contributed by atoms with Gasteiger partial charge in [-0.3, -0.25) is 0 Å². The molecule has 78 valence electrons. The maximum Gasteiger partial charge on any atom is 0.0118 e. The number of rotatable bonds is 6. The number of hydrogen-bond acceptors (Lipinski definition) is 1. The van der Waals surface area contributed by atoms with Crippen molar-refractivity contribution < 1.29 is 0 Å². The highest BCUT2D eigenvalue weighted by molar-refractivity contribution is 4.88. The summed E-state index contributed by atoms with van der Waals surface area (Å²) in [5.41, 5.74) is 0. The minimum absolute atomic E-state index is 0.743. The van der Waals surface area contributed by atoms with Crippen molar-refractivity contribution in [2.45, 2.75) is 52.5 Å². The third-order valence-electron chi connectivity index (χ3n) is 3.62. The third-order valence-corrected chi connectivity index (χ3v) is 3.62. The van der Waals surface area contributed by atoms with Crippen molar-refractivity contribution in [1.82, 2.24) is 5.32 Å². The van der Waals surface area contributed by atoms with E-state index in [-0.39, 0.29) is 0 Å². The van der Waals surface area contributed by atoms with Crippen molar-refractivity contribution in [2.75, 3.05) is 7.05 Å². The lowest BCUT2D eigenvalue weighted by molar-refractivity contribution is 0.263. The molecule has 0 heterocycles. The first-order chi connectivity index (χ1) is 6.20. The van der Waals surface area contributed by atoms with Gasteiger partial charge < -0.3 is 5.32 Å². The van der Waals surface area contributed by atoms with E-state index in [9.17, 15) is 0 Å². The Bertz CT molecular complexity index is 140. The molecule has 0 amide bonds. The minimum atomic E-state index is 0.743. The summed E-state index contributed by atoms with van der Waals surface area (Å²) >= 11 is 0. The van der Waals surface area contributed by atoms with Crippen LogP contribution < -0.4 is 5.32 Å². The lowest BCUT2D eigenvalue weighted by Crippen LogP contribution is -2.38. The van der Waals surface area contributed by atoms with Crippen LogP contribution in [0.15, 0.2) is 0 Å². The van der Waals surface area contributed by atoms with Crippen molar-refractivity contribution in [3.05, 3.63) is 0 Å². The van der Waals surface area contributed by atoms with Crippen molar-refractivity contribution in [2.24, 2.45) is 17.8 Å². The van der Waals surface area contributed by atoms with E-state index in [1.165, 1.54) is 25.7 Å². The SMILES string of the molecule is CCCC(C)C(NC)C(C)C1CC1. The van der Waals surface area contributed by atoms with Gasteiger partial charge in [-0.15, -0.1) is 0 Å². The average molecular weight is 183 g/mol. The summed E-state index contributed by atoms with van der Waals surface area (Å²) in [4.78, 5) is 0. The van der Waals surface area contributed by atoms with Gasteiger partial charge in [-0.05, 0) is 44.1 Å². The van der Waals surface area contributed by atoms with Gasteiger partial charge >= 0.3 is 0 Å². The van der Waals surface area contributed by atoms with Gasteiger partial charge in [-0.1, -0.05) is 27.2 Å². The summed E-state index contributed by atoms with van der Waals surface area (Å²) in [6, 6.07) is 0.743. The molecule has 0 aromatic carbocycles. The standard InChI is InChI=1S/C12H25N/c1-5-6-9(2)12(13-4)10(3)11-7-8-11/h9-13H,5-8H2,1-4H3. The highest BCUT2D eigenvalue weighted by atomic mass is 14.9. The molecule has 0 spiro atoms. The molecule has 1 heteroatoms. The molecule has 1 N–H and O–H groups in total. The van der Waals surface area contributed by atoms with Crippen LogP contribution in [0.3, 0.4) is 0 Å². The fourth-order valence-corrected chi connectivity index (χ4v) is 2.62. The first kappa shape index (κ1) is 11.0. The molecule has 1 aliphatic rings. The predicted octanol–water partition coefficient (Wildman–Crippen LogP) is 3.06. The maximum atomic E-state index is 3.51. The Morgan fingerprint density at radius 2 is 1.92 bits per heavy atom. The molecule has 0 radical (unpaired) electrons. The zero-order valence-corrected chi connectivity index (χ0v) is 9.64. The largest absolute Gasteiger partial charge is 0.316 e. The molecule has 0 aromatic rings. The van der Waals surface area contributed by atoms with Gasteiger partial charge in [-0.25, -0.2) is 0 Å². The topological polar surface area (TPSA) is 12.0 Å². The van der Waals surface area contributed by atoms with Crippen LogP contribution in [0.25, 0.3) is 0 Å². The Labute approximate surface area is 83.3 Å². The lowest BCUT2D eigenvalue weighted by Gasteiger charge is -2.29. The molecule has 1 rings (SSSR count). The van der Waals surface area contributed by atoms with E-state index in [4.69, 9.17) is 0 Å². The van der Waals surface area contributed by atoms with Gasteiger partial charge in [0.25, 0.3) is 0 Å². The number of nitrogens with one attached hydrogen (secondary N) is 1. The minimum Gasteiger partial charge on any atom is -0.316 e. The Morgan fingerprint density at radius 1 is 1.31 bits per heavy atom. The molecule has 1 saturated carbocycles. The summed E-state index contributed by atoms with van der Waals surface area (Å²) in [5.74, 6) is 2.74. The molecule has 1 aliphatic carbocycles. The molecule has 0 saturated heterocycles. The normalized spacial score (nSPS) is 24.0. The second-order valence-corrected chi connectivity index (χ2v) is 4.78. The smallest absolute Gasteiger partial charge is 0.0118 e. The molecule has 3 atom stereocenters. The quantitative estimate of drug-likeness (QED) is 0.667. The summed E-state index contributed by atoms with van der Waals surface area (Å²) < 4.78 is 0. The van der Waals surface area contributed by atoms with Gasteiger partial charge in [-0.2, -0.15) is 0 Å². The molecule has 3 unspecified atom stereocenters. The molecule has 13 heavy (non-hydrogen) atoms. The second-order valence-electron chi connectivity index (χ2n) is 4.78. The van der Waals surface area contributed by atoms with Crippen LogP contribution in [0.5, 0.6) is 0 Å². The van der Waals surface area contributed by atoms with E-state index in [0.717, 1.165) is 23.8 Å². The van der Waals surface area contributed by atoms with Crippen molar-refractivity contribution in [3.8, 4) is 0 Å². The Morgan fingerprint density at radius 3 is 2.31 bits per heavy atom. The second kappa shape index (κ2) is 4.99. The first-order valence-electron chi connectivity index (χ1n) is 5.88. The van der Waals surface area contributed by atoms with E-state index in [2.05, 4.69) is 33.1 Å². The van der Waals surface area contributed by atoms with Gasteiger partial charge in [0.05, 0.1) is 0 Å². The summed E-state index contributed by atoms with van der Waals surface area (Å²) in [7, 11) is 2.12. The first-order valence-corrected chi connectivity index (χ1v) is 5.88. The van der Waals surface area contributed by atoms with Crippen molar-refractivity contribution in [1.29, 1.82) is 0 Å². The van der Waals surface area contributed by atoms with Crippen molar-refractivity contribution in [3.63, 3.8) is 0 Å². The van der Waals surface area contributed by atoms with Crippen LogP contribution in [-0.4, -0.2) is 13.1 Å². The van der Waals surface area contributed by atoms with E-state index in [1.54, 1.807) is 0 Å². The monoisotopic (exact) mass is 183 g/mol. The average Bonchev–Trinajstić information content (AvgIpc) is 2.88. The molecule has 0 bridgehead atoms. The van der Waals surface area contributed by atoms with Crippen LogP contribution in [0.1, 0.15) is 46.5 Å². The lowest BCUT2D eigenvalue weighted by atomic mass is 9.85. The molecular weight excluding hydrogens is 158 g/mol. The highest BCUT2D eigenvalue weighted by Crippen LogP contribution is 2.40. The predicted molar refractivity (Wildman–Crippen MR) is 58.8 cm³/mol. The highest BCUT2D eigenvalue weighted by Gasteiger charge is 2.34. The zero-order chi connectivity index (χ0) is 9.84. The molecular formula is C12H25N. The van der Waals surface area contributed by atoms with E-state index < -0.39 is 0 Å².